The zero-order valence-corrected chi connectivity index (χ0v) is 14.7. The Hall–Kier alpha value is -2.38. The van der Waals surface area contributed by atoms with Crippen molar-refractivity contribution in [2.45, 2.75) is 17.7 Å². The summed E-state index contributed by atoms with van der Waals surface area (Å²) in [6, 6.07) is 8.40. The maximum Gasteiger partial charge on any atom is 0.340 e. The molecule has 6 nitrogen and oxygen atoms in total. The van der Waals surface area contributed by atoms with Gasteiger partial charge in [0.1, 0.15) is 10.6 Å². The predicted octanol–water partition coefficient (Wildman–Crippen LogP) is 3.02. The third kappa shape index (κ3) is 3.25. The molecule has 8 heteroatoms. The zero-order valence-electron chi connectivity index (χ0n) is 13.1. The second kappa shape index (κ2) is 6.50. The number of fused-ring (bicyclic) bond motifs is 1. The number of ether oxygens (including phenoxy) is 1. The largest absolute Gasteiger partial charge is 0.465 e. The van der Waals surface area contributed by atoms with Crippen LogP contribution in [0.5, 0.6) is 5.75 Å². The fraction of sp³-hybridized carbons (Fsp3) is 0.176. The molecular weight excluding hydrogens is 368 g/mol. The van der Waals surface area contributed by atoms with Crippen LogP contribution in [0.15, 0.2) is 41.3 Å². The smallest absolute Gasteiger partial charge is 0.340 e. The number of hydrogen-bond acceptors (Lipinski definition) is 6. The van der Waals surface area contributed by atoms with E-state index in [1.165, 1.54) is 25.3 Å². The summed E-state index contributed by atoms with van der Waals surface area (Å²) in [7, 11) is -3.11. The number of hydrogen-bond donors (Lipinski definition) is 0. The Labute approximate surface area is 149 Å². The van der Waals surface area contributed by atoms with Crippen molar-refractivity contribution >= 4 is 33.5 Å². The molecule has 0 unspecified atom stereocenters. The van der Waals surface area contributed by atoms with Gasteiger partial charge in [0.05, 0.1) is 17.7 Å². The molecule has 0 aliphatic heterocycles. The summed E-state index contributed by atoms with van der Waals surface area (Å²) in [5, 5.41) is -0.0868. The zero-order chi connectivity index (χ0) is 18.2. The highest BCUT2D eigenvalue weighted by Gasteiger charge is 2.27. The van der Waals surface area contributed by atoms with Gasteiger partial charge in [0.2, 0.25) is 0 Å². The standard InChI is InChI=1S/C17H13ClO6S/c1-23-17(20)10-5-7-13(18)16(9-10)25(21,22)24-15-4-2-3-11-12(15)6-8-14(11)19/h2-5,7,9H,6,8H2,1H3. The van der Waals surface area contributed by atoms with E-state index in [1.807, 2.05) is 0 Å². The molecule has 3 rings (SSSR count). The van der Waals surface area contributed by atoms with Gasteiger partial charge in [-0.1, -0.05) is 23.7 Å². The van der Waals surface area contributed by atoms with E-state index in [4.69, 9.17) is 15.8 Å². The Bertz CT molecular complexity index is 981. The van der Waals surface area contributed by atoms with Gasteiger partial charge in [-0.05, 0) is 30.7 Å². The quantitative estimate of drug-likeness (QED) is 0.598. The molecule has 0 radical (unpaired) electrons. The highest BCUT2D eigenvalue weighted by molar-refractivity contribution is 7.87. The van der Waals surface area contributed by atoms with Gasteiger partial charge in [0.15, 0.2) is 5.78 Å². The molecule has 1 aliphatic rings. The molecular formula is C17H13ClO6S. The van der Waals surface area contributed by atoms with Gasteiger partial charge >= 0.3 is 16.1 Å². The summed E-state index contributed by atoms with van der Waals surface area (Å²) >= 11 is 5.97. The van der Waals surface area contributed by atoms with Crippen molar-refractivity contribution in [1.29, 1.82) is 0 Å². The Kier molecular flexibility index (Phi) is 4.53. The molecule has 2 aromatic carbocycles. The first kappa shape index (κ1) is 17.4. The van der Waals surface area contributed by atoms with E-state index in [9.17, 15) is 18.0 Å². The minimum Gasteiger partial charge on any atom is -0.465 e. The molecule has 130 valence electrons. The van der Waals surface area contributed by atoms with Crippen molar-refractivity contribution in [2.24, 2.45) is 0 Å². The molecule has 0 heterocycles. The number of carbonyl (C=O) groups excluding carboxylic acids is 2. The first-order valence-electron chi connectivity index (χ1n) is 7.31. The lowest BCUT2D eigenvalue weighted by atomic mass is 10.1. The van der Waals surface area contributed by atoms with Crippen LogP contribution < -0.4 is 4.18 Å². The van der Waals surface area contributed by atoms with Crippen LogP contribution >= 0.6 is 11.6 Å². The number of ketones is 1. The maximum absolute atomic E-state index is 12.6. The topological polar surface area (TPSA) is 86.7 Å². The molecule has 0 aromatic heterocycles. The Balaban J connectivity index is 2.02. The van der Waals surface area contributed by atoms with E-state index in [0.717, 1.165) is 6.07 Å². The molecule has 0 spiro atoms. The van der Waals surface area contributed by atoms with E-state index >= 15 is 0 Å². The number of Topliss-reactive ketones (excluding diaryl/α,β-unsaturated/α-hetero) is 1. The maximum atomic E-state index is 12.6. The monoisotopic (exact) mass is 380 g/mol. The normalized spacial score (nSPS) is 13.4. The minimum absolute atomic E-state index is 0.0301. The lowest BCUT2D eigenvalue weighted by molar-refractivity contribution is 0.0600. The molecule has 2 aromatic rings. The molecule has 0 fully saturated rings. The number of esters is 1. The van der Waals surface area contributed by atoms with Gasteiger partial charge in [0.25, 0.3) is 0 Å². The van der Waals surface area contributed by atoms with Crippen LogP contribution in [-0.4, -0.2) is 27.3 Å². The minimum atomic E-state index is -4.30. The van der Waals surface area contributed by atoms with E-state index in [0.29, 0.717) is 24.0 Å². The van der Waals surface area contributed by atoms with E-state index in [-0.39, 0.29) is 27.0 Å². The van der Waals surface area contributed by atoms with Crippen LogP contribution in [0, 0.1) is 0 Å². The fourth-order valence-corrected chi connectivity index (χ4v) is 4.10. The average Bonchev–Trinajstić information content (AvgIpc) is 2.96. The van der Waals surface area contributed by atoms with Crippen molar-refractivity contribution < 1.29 is 26.9 Å². The van der Waals surface area contributed by atoms with Crippen LogP contribution in [0.1, 0.15) is 32.7 Å². The van der Waals surface area contributed by atoms with Gasteiger partial charge in [-0.15, -0.1) is 0 Å². The fourth-order valence-electron chi connectivity index (χ4n) is 2.64. The molecule has 0 bridgehead atoms. The highest BCUT2D eigenvalue weighted by atomic mass is 35.5. The second-order valence-corrected chi connectivity index (χ2v) is 7.30. The van der Waals surface area contributed by atoms with Crippen LogP contribution in [0.3, 0.4) is 0 Å². The van der Waals surface area contributed by atoms with Crippen LogP contribution in [0.25, 0.3) is 0 Å². The van der Waals surface area contributed by atoms with Crippen LogP contribution in [0.4, 0.5) is 0 Å². The van der Waals surface area contributed by atoms with Gasteiger partial charge in [0, 0.05) is 17.5 Å². The SMILES string of the molecule is COC(=O)c1ccc(Cl)c(S(=O)(=O)Oc2cccc3c2CCC3=O)c1. The van der Waals surface area contributed by atoms with E-state index in [2.05, 4.69) is 4.74 Å². The number of halogens is 1. The van der Waals surface area contributed by atoms with Crippen LogP contribution in [0.2, 0.25) is 5.02 Å². The lowest BCUT2D eigenvalue weighted by Crippen LogP contribution is -2.13. The van der Waals surface area contributed by atoms with E-state index < -0.39 is 16.1 Å². The first-order chi connectivity index (χ1) is 11.8. The van der Waals surface area contributed by atoms with Crippen molar-refractivity contribution in [3.8, 4) is 5.75 Å². The summed E-state index contributed by atoms with van der Waals surface area (Å²) in [4.78, 5) is 23.0. The average molecular weight is 381 g/mol. The molecule has 1 aliphatic carbocycles. The second-order valence-electron chi connectivity index (χ2n) is 5.38. The molecule has 25 heavy (non-hydrogen) atoms. The summed E-state index contributed by atoms with van der Waals surface area (Å²) in [5.41, 5.74) is 1.04. The summed E-state index contributed by atoms with van der Waals surface area (Å²) < 4.78 is 35.0. The van der Waals surface area contributed by atoms with Gasteiger partial charge < -0.3 is 8.92 Å². The lowest BCUT2D eigenvalue weighted by Gasteiger charge is -2.12. The van der Waals surface area contributed by atoms with Crippen molar-refractivity contribution in [3.63, 3.8) is 0 Å². The van der Waals surface area contributed by atoms with Crippen molar-refractivity contribution in [3.05, 3.63) is 58.1 Å². The molecule has 0 amide bonds. The third-order valence-electron chi connectivity index (χ3n) is 3.86. The predicted molar refractivity (Wildman–Crippen MR) is 89.7 cm³/mol. The van der Waals surface area contributed by atoms with Crippen LogP contribution in [-0.2, 0) is 21.3 Å². The Morgan fingerprint density at radius 3 is 2.64 bits per heavy atom. The summed E-state index contributed by atoms with van der Waals surface area (Å²) in [6.07, 6.45) is 0.726. The molecule has 0 atom stereocenters. The Morgan fingerprint density at radius 1 is 1.16 bits per heavy atom. The molecule has 0 saturated carbocycles. The summed E-state index contributed by atoms with van der Waals surface area (Å²) in [6.45, 7) is 0. The third-order valence-corrected chi connectivity index (χ3v) is 5.57. The van der Waals surface area contributed by atoms with E-state index in [1.54, 1.807) is 12.1 Å². The number of rotatable bonds is 4. The highest BCUT2D eigenvalue weighted by Crippen LogP contribution is 2.33. The summed E-state index contributed by atoms with van der Waals surface area (Å²) in [5.74, 6) is -0.661. The number of benzene rings is 2. The van der Waals surface area contributed by atoms with Gasteiger partial charge in [-0.25, -0.2) is 4.79 Å². The first-order valence-corrected chi connectivity index (χ1v) is 9.09. The number of methoxy groups -OCH3 is 1. The molecule has 0 N–H and O–H groups in total. The Morgan fingerprint density at radius 2 is 1.92 bits per heavy atom. The van der Waals surface area contributed by atoms with Gasteiger partial charge in [-0.3, -0.25) is 4.79 Å². The molecule has 0 saturated heterocycles. The van der Waals surface area contributed by atoms with Gasteiger partial charge in [-0.2, -0.15) is 8.42 Å². The number of carbonyl (C=O) groups is 2. The van der Waals surface area contributed by atoms with Crippen molar-refractivity contribution in [2.75, 3.05) is 7.11 Å². The van der Waals surface area contributed by atoms with Crippen molar-refractivity contribution in [1.82, 2.24) is 0 Å².